The van der Waals surface area contributed by atoms with Crippen LogP contribution in [0.15, 0.2) is 27.6 Å². The van der Waals surface area contributed by atoms with Crippen molar-refractivity contribution in [2.24, 2.45) is 0 Å². The summed E-state index contributed by atoms with van der Waals surface area (Å²) in [7, 11) is -3.51. The minimum Gasteiger partial charge on any atom is -0.398 e. The van der Waals surface area contributed by atoms with Gasteiger partial charge in [-0.25, -0.2) is 13.1 Å². The molecule has 0 aromatic heterocycles. The molecular formula is C12H17BrN2O3S. The van der Waals surface area contributed by atoms with Crippen molar-refractivity contribution >= 4 is 31.6 Å². The van der Waals surface area contributed by atoms with Crippen LogP contribution in [0.5, 0.6) is 0 Å². The summed E-state index contributed by atoms with van der Waals surface area (Å²) < 4.78 is 33.2. The molecule has 1 aromatic rings. The molecule has 0 radical (unpaired) electrons. The zero-order valence-corrected chi connectivity index (χ0v) is 13.0. The molecule has 2 rings (SSSR count). The minimum absolute atomic E-state index is 0.0786. The molecule has 1 aliphatic heterocycles. The van der Waals surface area contributed by atoms with Crippen LogP contribution < -0.4 is 10.5 Å². The Bertz CT molecular complexity index is 562. The number of hydrogen-bond acceptors (Lipinski definition) is 4. The van der Waals surface area contributed by atoms with Gasteiger partial charge in [-0.15, -0.1) is 0 Å². The van der Waals surface area contributed by atoms with Gasteiger partial charge in [0.15, 0.2) is 0 Å². The normalized spacial score (nSPS) is 24.3. The average molecular weight is 349 g/mol. The van der Waals surface area contributed by atoms with E-state index in [1.54, 1.807) is 6.07 Å². The van der Waals surface area contributed by atoms with Gasteiger partial charge in [0.05, 0.1) is 11.0 Å². The Morgan fingerprint density at radius 3 is 2.84 bits per heavy atom. The first-order valence-corrected chi connectivity index (χ1v) is 8.35. The number of hydrogen-bond donors (Lipinski definition) is 2. The van der Waals surface area contributed by atoms with Gasteiger partial charge in [-0.05, 0) is 53.9 Å². The van der Waals surface area contributed by atoms with Gasteiger partial charge in [-0.1, -0.05) is 0 Å². The molecule has 1 aliphatic rings. The third kappa shape index (κ3) is 3.68. The molecule has 0 amide bonds. The van der Waals surface area contributed by atoms with E-state index in [2.05, 4.69) is 20.7 Å². The van der Waals surface area contributed by atoms with Crippen LogP contribution in [0.25, 0.3) is 0 Å². The Morgan fingerprint density at radius 2 is 2.21 bits per heavy atom. The number of anilines is 1. The SMILES string of the molecule is CC1CC(NS(=O)(=O)c2ccc(N)c(Br)c2)CCO1. The second-order valence-corrected chi connectivity index (χ2v) is 7.28. The van der Waals surface area contributed by atoms with Crippen LogP contribution in [0.4, 0.5) is 5.69 Å². The molecule has 7 heteroatoms. The lowest BCUT2D eigenvalue weighted by atomic mass is 10.1. The van der Waals surface area contributed by atoms with E-state index in [0.717, 1.165) is 0 Å². The maximum atomic E-state index is 12.3. The molecule has 0 bridgehead atoms. The Morgan fingerprint density at radius 1 is 1.47 bits per heavy atom. The van der Waals surface area contributed by atoms with Gasteiger partial charge in [0.1, 0.15) is 0 Å². The molecule has 19 heavy (non-hydrogen) atoms. The Hall–Kier alpha value is -0.630. The van der Waals surface area contributed by atoms with Gasteiger partial charge in [-0.3, -0.25) is 0 Å². The van der Waals surface area contributed by atoms with Gasteiger partial charge in [-0.2, -0.15) is 0 Å². The largest absolute Gasteiger partial charge is 0.398 e. The van der Waals surface area contributed by atoms with Crippen LogP contribution in [-0.4, -0.2) is 27.2 Å². The first-order chi connectivity index (χ1) is 8.88. The van der Waals surface area contributed by atoms with E-state index in [4.69, 9.17) is 10.5 Å². The Balaban J connectivity index is 2.15. The van der Waals surface area contributed by atoms with E-state index in [1.165, 1.54) is 12.1 Å². The maximum Gasteiger partial charge on any atom is 0.240 e. The van der Waals surface area contributed by atoms with Gasteiger partial charge >= 0.3 is 0 Å². The first kappa shape index (κ1) is 14.8. The Labute approximate surface area is 121 Å². The highest BCUT2D eigenvalue weighted by molar-refractivity contribution is 9.10. The summed E-state index contributed by atoms with van der Waals surface area (Å²) in [5, 5.41) is 0. The fourth-order valence-electron chi connectivity index (χ4n) is 2.07. The molecule has 2 unspecified atom stereocenters. The summed E-state index contributed by atoms with van der Waals surface area (Å²) in [6, 6.07) is 4.52. The van der Waals surface area contributed by atoms with E-state index in [-0.39, 0.29) is 17.0 Å². The minimum atomic E-state index is -3.51. The van der Waals surface area contributed by atoms with Crippen molar-refractivity contribution in [3.8, 4) is 0 Å². The fourth-order valence-corrected chi connectivity index (χ4v) is 3.91. The van der Waals surface area contributed by atoms with Crippen LogP contribution >= 0.6 is 15.9 Å². The second-order valence-electron chi connectivity index (χ2n) is 4.71. The maximum absolute atomic E-state index is 12.3. The van der Waals surface area contributed by atoms with Crippen molar-refractivity contribution in [1.29, 1.82) is 0 Å². The quantitative estimate of drug-likeness (QED) is 0.817. The second kappa shape index (κ2) is 5.78. The van der Waals surface area contributed by atoms with Crippen molar-refractivity contribution in [2.45, 2.75) is 36.8 Å². The van der Waals surface area contributed by atoms with Crippen LogP contribution in [0.2, 0.25) is 0 Å². The van der Waals surface area contributed by atoms with E-state index in [1.807, 2.05) is 6.92 Å². The van der Waals surface area contributed by atoms with Crippen molar-refractivity contribution in [3.63, 3.8) is 0 Å². The van der Waals surface area contributed by atoms with Crippen LogP contribution in [-0.2, 0) is 14.8 Å². The van der Waals surface area contributed by atoms with Gasteiger partial charge in [0.25, 0.3) is 0 Å². The van der Waals surface area contributed by atoms with E-state index < -0.39 is 10.0 Å². The van der Waals surface area contributed by atoms with Crippen molar-refractivity contribution < 1.29 is 13.2 Å². The van der Waals surface area contributed by atoms with Gasteiger partial charge in [0.2, 0.25) is 10.0 Å². The molecule has 2 atom stereocenters. The average Bonchev–Trinajstić information content (AvgIpc) is 2.32. The standard InChI is InChI=1S/C12H17BrN2O3S/c1-8-6-9(4-5-18-8)15-19(16,17)10-2-3-12(14)11(13)7-10/h2-3,7-9,15H,4-6,14H2,1H3. The predicted octanol–water partition coefficient (Wildman–Crippen LogP) is 1.88. The number of nitrogens with one attached hydrogen (secondary N) is 1. The van der Waals surface area contributed by atoms with E-state index in [0.29, 0.717) is 29.6 Å². The number of rotatable bonds is 3. The number of benzene rings is 1. The fraction of sp³-hybridized carbons (Fsp3) is 0.500. The van der Waals surface area contributed by atoms with Gasteiger partial charge < -0.3 is 10.5 Å². The zero-order valence-electron chi connectivity index (χ0n) is 10.6. The topological polar surface area (TPSA) is 81.4 Å². The number of nitrogen functional groups attached to an aromatic ring is 1. The molecule has 1 heterocycles. The Kier molecular flexibility index (Phi) is 4.50. The molecule has 1 aromatic carbocycles. The number of nitrogens with two attached hydrogens (primary N) is 1. The summed E-state index contributed by atoms with van der Waals surface area (Å²) in [6.45, 7) is 2.53. The molecule has 3 N–H and O–H groups in total. The van der Waals surface area contributed by atoms with Gasteiger partial charge in [0, 0.05) is 22.8 Å². The number of halogens is 1. The van der Waals surface area contributed by atoms with Crippen molar-refractivity contribution in [2.75, 3.05) is 12.3 Å². The monoisotopic (exact) mass is 348 g/mol. The molecule has 0 saturated carbocycles. The lowest BCUT2D eigenvalue weighted by molar-refractivity contribution is 0.0173. The highest BCUT2D eigenvalue weighted by Crippen LogP contribution is 2.24. The third-order valence-electron chi connectivity index (χ3n) is 3.09. The third-order valence-corrected chi connectivity index (χ3v) is 5.29. The first-order valence-electron chi connectivity index (χ1n) is 6.07. The summed E-state index contributed by atoms with van der Waals surface area (Å²) >= 11 is 3.24. The smallest absolute Gasteiger partial charge is 0.240 e. The summed E-state index contributed by atoms with van der Waals surface area (Å²) in [5.74, 6) is 0. The highest BCUT2D eigenvalue weighted by Gasteiger charge is 2.25. The van der Waals surface area contributed by atoms with Crippen molar-refractivity contribution in [3.05, 3.63) is 22.7 Å². The molecule has 0 spiro atoms. The number of ether oxygens (including phenoxy) is 1. The highest BCUT2D eigenvalue weighted by atomic mass is 79.9. The summed E-state index contributed by atoms with van der Waals surface area (Å²) in [5.41, 5.74) is 6.17. The number of sulfonamides is 1. The lowest BCUT2D eigenvalue weighted by Crippen LogP contribution is -2.41. The summed E-state index contributed by atoms with van der Waals surface area (Å²) in [6.07, 6.45) is 1.47. The summed E-state index contributed by atoms with van der Waals surface area (Å²) in [4.78, 5) is 0.215. The van der Waals surface area contributed by atoms with Crippen LogP contribution in [0.3, 0.4) is 0 Å². The molecule has 1 fully saturated rings. The van der Waals surface area contributed by atoms with E-state index >= 15 is 0 Å². The van der Waals surface area contributed by atoms with Crippen LogP contribution in [0.1, 0.15) is 19.8 Å². The zero-order chi connectivity index (χ0) is 14.0. The van der Waals surface area contributed by atoms with Crippen molar-refractivity contribution in [1.82, 2.24) is 4.72 Å². The molecule has 0 aliphatic carbocycles. The molecule has 106 valence electrons. The molecule has 1 saturated heterocycles. The molecule has 5 nitrogen and oxygen atoms in total. The molecular weight excluding hydrogens is 332 g/mol. The van der Waals surface area contributed by atoms with E-state index in [9.17, 15) is 8.42 Å². The lowest BCUT2D eigenvalue weighted by Gasteiger charge is -2.27. The predicted molar refractivity (Wildman–Crippen MR) is 77.3 cm³/mol. The van der Waals surface area contributed by atoms with Crippen LogP contribution in [0, 0.1) is 0 Å².